The summed E-state index contributed by atoms with van der Waals surface area (Å²) in [4.78, 5) is 21.6. The molecule has 0 spiro atoms. The Morgan fingerprint density at radius 2 is 2.17 bits per heavy atom. The number of carbonyl (C=O) groups excluding carboxylic acids is 1. The molecule has 0 unspecified atom stereocenters. The van der Waals surface area contributed by atoms with Crippen molar-refractivity contribution >= 4 is 17.2 Å². The van der Waals surface area contributed by atoms with E-state index in [4.69, 9.17) is 4.74 Å². The van der Waals surface area contributed by atoms with Crippen LogP contribution in [0, 0.1) is 10.1 Å². The van der Waals surface area contributed by atoms with Crippen LogP contribution in [-0.4, -0.2) is 17.5 Å². The molecule has 1 rings (SSSR count). The van der Waals surface area contributed by atoms with Crippen LogP contribution in [0.2, 0.25) is 0 Å². The maximum atomic E-state index is 11.4. The molecule has 0 radical (unpaired) electrons. The lowest BCUT2D eigenvalue weighted by Crippen LogP contribution is -2.01. The summed E-state index contributed by atoms with van der Waals surface area (Å²) < 4.78 is 4.82. The fraction of sp³-hybridized carbons (Fsp3) is 0.308. The molecule has 0 bridgehead atoms. The van der Waals surface area contributed by atoms with Gasteiger partial charge in [-0.2, -0.15) is 0 Å². The molecular formula is C13H15NO4. The Bertz CT molecular complexity index is 480. The lowest BCUT2D eigenvalue weighted by molar-refractivity contribution is -0.384. The Kier molecular flexibility index (Phi) is 5.05. The van der Waals surface area contributed by atoms with Crippen LogP contribution >= 0.6 is 0 Å². The number of nitrogens with zero attached hydrogens (tertiary/aromatic N) is 1. The highest BCUT2D eigenvalue weighted by molar-refractivity contribution is 5.91. The molecule has 1 aromatic carbocycles. The number of rotatable bonds is 5. The minimum atomic E-state index is -0.457. The fourth-order valence-electron chi connectivity index (χ4n) is 1.53. The lowest BCUT2D eigenvalue weighted by Gasteiger charge is -2.05. The molecule has 0 aliphatic heterocycles. The van der Waals surface area contributed by atoms with Crippen LogP contribution < -0.4 is 0 Å². The molecule has 0 saturated carbocycles. The number of benzene rings is 1. The van der Waals surface area contributed by atoms with Crippen molar-refractivity contribution < 1.29 is 14.5 Å². The molecule has 0 atom stereocenters. The summed E-state index contributed by atoms with van der Waals surface area (Å²) in [5.41, 5.74) is 1.40. The van der Waals surface area contributed by atoms with E-state index in [1.54, 1.807) is 19.1 Å². The van der Waals surface area contributed by atoms with E-state index >= 15 is 0 Å². The molecule has 0 aromatic heterocycles. The van der Waals surface area contributed by atoms with Crippen LogP contribution in [-0.2, 0) is 9.53 Å². The number of hydrogen-bond acceptors (Lipinski definition) is 4. The lowest BCUT2D eigenvalue weighted by atomic mass is 10.0. The van der Waals surface area contributed by atoms with Crippen LogP contribution in [0.4, 0.5) is 5.69 Å². The van der Waals surface area contributed by atoms with Gasteiger partial charge < -0.3 is 4.74 Å². The number of allylic oxidation sites excluding steroid dienone is 1. The van der Waals surface area contributed by atoms with Crippen molar-refractivity contribution in [2.24, 2.45) is 0 Å². The molecule has 1 aromatic rings. The Labute approximate surface area is 105 Å². The Balaban J connectivity index is 3.05. The van der Waals surface area contributed by atoms with Crippen LogP contribution in [0.25, 0.3) is 5.57 Å². The standard InChI is InChI=1S/C13H15NO4/c1-3-10(9-13(15)18-4-2)11-6-5-7-12(8-11)14(16)17/h5-9H,3-4H2,1-2H3/b10-9-. The van der Waals surface area contributed by atoms with Crippen molar-refractivity contribution in [2.75, 3.05) is 6.61 Å². The first kappa shape index (κ1) is 13.9. The van der Waals surface area contributed by atoms with Gasteiger partial charge in [0.25, 0.3) is 5.69 Å². The second-order valence-corrected chi connectivity index (χ2v) is 3.58. The minimum Gasteiger partial charge on any atom is -0.463 e. The molecule has 0 amide bonds. The number of nitro groups is 1. The second kappa shape index (κ2) is 6.54. The number of ether oxygens (including phenoxy) is 1. The number of esters is 1. The minimum absolute atomic E-state index is 0.00992. The van der Waals surface area contributed by atoms with Gasteiger partial charge in [-0.25, -0.2) is 4.79 Å². The summed E-state index contributed by atoms with van der Waals surface area (Å²) in [5.74, 6) is -0.430. The van der Waals surface area contributed by atoms with Gasteiger partial charge in [0.15, 0.2) is 0 Å². The van der Waals surface area contributed by atoms with Gasteiger partial charge in [-0.15, -0.1) is 0 Å². The summed E-state index contributed by atoms with van der Waals surface area (Å²) in [7, 11) is 0. The van der Waals surface area contributed by atoms with Gasteiger partial charge in [-0.05, 0) is 24.5 Å². The Morgan fingerprint density at radius 1 is 1.44 bits per heavy atom. The molecule has 0 N–H and O–H groups in total. The van der Waals surface area contributed by atoms with Crippen molar-refractivity contribution in [3.05, 3.63) is 46.0 Å². The van der Waals surface area contributed by atoms with Crippen LogP contribution in [0.3, 0.4) is 0 Å². The number of non-ortho nitro benzene ring substituents is 1. The van der Waals surface area contributed by atoms with E-state index < -0.39 is 10.9 Å². The summed E-state index contributed by atoms with van der Waals surface area (Å²) in [6, 6.07) is 6.21. The highest BCUT2D eigenvalue weighted by Crippen LogP contribution is 2.22. The van der Waals surface area contributed by atoms with Crippen LogP contribution in [0.1, 0.15) is 25.8 Å². The summed E-state index contributed by atoms with van der Waals surface area (Å²) in [6.07, 6.45) is 1.97. The molecule has 0 fully saturated rings. The largest absolute Gasteiger partial charge is 0.463 e. The Morgan fingerprint density at radius 3 is 2.72 bits per heavy atom. The third-order valence-corrected chi connectivity index (χ3v) is 2.39. The predicted octanol–water partition coefficient (Wildman–Crippen LogP) is 2.95. The summed E-state index contributed by atoms with van der Waals surface area (Å²) >= 11 is 0. The average Bonchev–Trinajstić information content (AvgIpc) is 2.36. The smallest absolute Gasteiger partial charge is 0.331 e. The highest BCUT2D eigenvalue weighted by atomic mass is 16.6. The first-order valence-electron chi connectivity index (χ1n) is 5.70. The van der Waals surface area contributed by atoms with Crippen molar-refractivity contribution in [3.8, 4) is 0 Å². The van der Waals surface area contributed by atoms with E-state index in [9.17, 15) is 14.9 Å². The maximum absolute atomic E-state index is 11.4. The number of hydrogen-bond donors (Lipinski definition) is 0. The van der Waals surface area contributed by atoms with Gasteiger partial charge >= 0.3 is 5.97 Å². The zero-order valence-corrected chi connectivity index (χ0v) is 10.4. The first-order valence-corrected chi connectivity index (χ1v) is 5.70. The average molecular weight is 249 g/mol. The Hall–Kier alpha value is -2.17. The van der Waals surface area contributed by atoms with Gasteiger partial charge in [0, 0.05) is 18.2 Å². The van der Waals surface area contributed by atoms with Gasteiger partial charge in [-0.3, -0.25) is 10.1 Å². The van der Waals surface area contributed by atoms with Crippen LogP contribution in [0.15, 0.2) is 30.3 Å². The molecule has 96 valence electrons. The fourth-order valence-corrected chi connectivity index (χ4v) is 1.53. The van der Waals surface area contributed by atoms with Gasteiger partial charge in [0.1, 0.15) is 0 Å². The topological polar surface area (TPSA) is 69.4 Å². The second-order valence-electron chi connectivity index (χ2n) is 3.58. The quantitative estimate of drug-likeness (QED) is 0.348. The van der Waals surface area contributed by atoms with Crippen molar-refractivity contribution in [1.29, 1.82) is 0 Å². The van der Waals surface area contributed by atoms with Crippen LogP contribution in [0.5, 0.6) is 0 Å². The molecule has 0 aliphatic carbocycles. The van der Waals surface area contributed by atoms with Gasteiger partial charge in [-0.1, -0.05) is 19.1 Å². The number of carbonyl (C=O) groups is 1. The molecule has 0 heterocycles. The van der Waals surface area contributed by atoms with E-state index in [1.807, 2.05) is 6.92 Å². The maximum Gasteiger partial charge on any atom is 0.331 e. The third-order valence-electron chi connectivity index (χ3n) is 2.39. The van der Waals surface area contributed by atoms with E-state index in [0.717, 1.165) is 5.57 Å². The zero-order valence-electron chi connectivity index (χ0n) is 10.4. The zero-order chi connectivity index (χ0) is 13.5. The van der Waals surface area contributed by atoms with Gasteiger partial charge in [0.05, 0.1) is 11.5 Å². The van der Waals surface area contributed by atoms with E-state index in [1.165, 1.54) is 18.2 Å². The van der Waals surface area contributed by atoms with E-state index in [2.05, 4.69) is 0 Å². The van der Waals surface area contributed by atoms with E-state index in [-0.39, 0.29) is 5.69 Å². The van der Waals surface area contributed by atoms with E-state index in [0.29, 0.717) is 18.6 Å². The molecule has 0 saturated heterocycles. The summed E-state index contributed by atoms with van der Waals surface area (Å²) in [5, 5.41) is 10.7. The van der Waals surface area contributed by atoms with Crippen molar-refractivity contribution in [1.82, 2.24) is 0 Å². The molecule has 18 heavy (non-hydrogen) atoms. The first-order chi connectivity index (χ1) is 8.58. The van der Waals surface area contributed by atoms with Crippen molar-refractivity contribution in [2.45, 2.75) is 20.3 Å². The normalized spacial score (nSPS) is 11.1. The van der Waals surface area contributed by atoms with Gasteiger partial charge in [0.2, 0.25) is 0 Å². The highest BCUT2D eigenvalue weighted by Gasteiger charge is 2.09. The molecular weight excluding hydrogens is 234 g/mol. The summed E-state index contributed by atoms with van der Waals surface area (Å²) in [6.45, 7) is 3.91. The number of nitro benzene ring substituents is 1. The monoisotopic (exact) mass is 249 g/mol. The van der Waals surface area contributed by atoms with Crippen molar-refractivity contribution in [3.63, 3.8) is 0 Å². The third kappa shape index (κ3) is 3.69. The molecule has 5 nitrogen and oxygen atoms in total. The SMILES string of the molecule is CCOC(=O)/C=C(/CC)c1cccc([N+](=O)[O-])c1. The molecule has 0 aliphatic rings. The predicted molar refractivity (Wildman–Crippen MR) is 68.0 cm³/mol. The molecule has 5 heteroatoms.